The highest BCUT2D eigenvalue weighted by molar-refractivity contribution is 6.94. The Morgan fingerprint density at radius 3 is 2.18 bits per heavy atom. The lowest BCUT2D eigenvalue weighted by Crippen LogP contribution is -2.63. The van der Waals surface area contributed by atoms with Gasteiger partial charge in [-0.25, -0.2) is 0 Å². The minimum Gasteiger partial charge on any atom is -0.456 e. The SMILES string of the molecule is CCCCc1ccc(N2c3cc4oc5ccccc5c4cc3B3c4c(cc(-c5ccccc5C)cc42)-c2cccc4c2N3c2ccccc2C4(C)C)c(-c2ccccc2)c1. The third kappa shape index (κ3) is 4.97. The van der Waals surface area contributed by atoms with Crippen molar-refractivity contribution in [1.82, 2.24) is 0 Å². The van der Waals surface area contributed by atoms with Gasteiger partial charge in [0.1, 0.15) is 11.2 Å². The predicted octanol–water partition coefficient (Wildman–Crippen LogP) is 13.9. The van der Waals surface area contributed by atoms with E-state index in [4.69, 9.17) is 4.42 Å². The number of para-hydroxylation sites is 3. The maximum Gasteiger partial charge on any atom is 0.333 e. The van der Waals surface area contributed by atoms with E-state index in [9.17, 15) is 0 Å². The molecule has 0 radical (unpaired) electrons. The van der Waals surface area contributed by atoms with Crippen molar-refractivity contribution in [2.24, 2.45) is 0 Å². The van der Waals surface area contributed by atoms with Crippen LogP contribution in [-0.2, 0) is 11.8 Å². The van der Waals surface area contributed by atoms with Gasteiger partial charge in [-0.05, 0) is 112 Å². The molecule has 12 rings (SSSR count). The lowest BCUT2D eigenvalue weighted by atomic mass is 9.42. The van der Waals surface area contributed by atoms with Crippen LogP contribution >= 0.6 is 0 Å². The topological polar surface area (TPSA) is 19.6 Å². The van der Waals surface area contributed by atoms with Gasteiger partial charge in [-0.1, -0.05) is 149 Å². The average Bonchev–Trinajstić information content (AvgIpc) is 3.65. The van der Waals surface area contributed by atoms with Gasteiger partial charge in [0, 0.05) is 56.1 Å². The maximum absolute atomic E-state index is 6.77. The molecule has 0 bridgehead atoms. The van der Waals surface area contributed by atoms with Crippen LogP contribution in [0.1, 0.15) is 55.9 Å². The van der Waals surface area contributed by atoms with Crippen LogP contribution in [0.4, 0.5) is 28.4 Å². The molecule has 3 nitrogen and oxygen atoms in total. The number of benzene rings is 8. The van der Waals surface area contributed by atoms with Crippen molar-refractivity contribution >= 4 is 68.1 Å². The molecule has 60 heavy (non-hydrogen) atoms. The first kappa shape index (κ1) is 35.2. The van der Waals surface area contributed by atoms with Crippen molar-refractivity contribution in [3.05, 3.63) is 186 Å². The van der Waals surface area contributed by atoms with Crippen molar-refractivity contribution in [2.45, 2.75) is 52.4 Å². The quantitative estimate of drug-likeness (QED) is 0.157. The van der Waals surface area contributed by atoms with Crippen molar-refractivity contribution < 1.29 is 4.42 Å². The van der Waals surface area contributed by atoms with E-state index < -0.39 is 0 Å². The van der Waals surface area contributed by atoms with E-state index in [1.807, 2.05) is 0 Å². The van der Waals surface area contributed by atoms with Crippen LogP contribution in [0.25, 0.3) is 55.3 Å². The van der Waals surface area contributed by atoms with Gasteiger partial charge in [0.05, 0.1) is 5.69 Å². The van der Waals surface area contributed by atoms with E-state index in [-0.39, 0.29) is 12.3 Å². The van der Waals surface area contributed by atoms with E-state index >= 15 is 0 Å². The lowest BCUT2D eigenvalue weighted by molar-refractivity contribution is 0.634. The van der Waals surface area contributed by atoms with Gasteiger partial charge in [0.15, 0.2) is 0 Å². The minimum absolute atomic E-state index is 0.0971. The van der Waals surface area contributed by atoms with Gasteiger partial charge >= 0.3 is 6.85 Å². The highest BCUT2D eigenvalue weighted by Gasteiger charge is 2.50. The standard InChI is InChI=1S/C56H45BN2O/c1-5-6-18-36-28-29-48(42(30-36)37-19-8-7-9-20-37)58-50-34-53-43(40-22-12-15-27-52(40)60-53)33-47(50)57-54-44(31-38(32-51(54)58)39-21-11-10-17-35(39)2)41-23-16-25-46-55(41)59(57)49-26-14-13-24-45(49)56(46,3)4/h7-17,19-34H,5-6,18H2,1-4H3. The molecule has 3 aliphatic rings. The van der Waals surface area contributed by atoms with Crippen LogP contribution in [-0.4, -0.2) is 6.85 Å². The Balaban J connectivity index is 1.25. The van der Waals surface area contributed by atoms with Gasteiger partial charge in [-0.15, -0.1) is 0 Å². The molecule has 0 atom stereocenters. The molecule has 1 aromatic heterocycles. The summed E-state index contributed by atoms with van der Waals surface area (Å²) >= 11 is 0. The van der Waals surface area contributed by atoms with Crippen molar-refractivity contribution in [3.8, 4) is 33.4 Å². The van der Waals surface area contributed by atoms with E-state index in [2.05, 4.69) is 201 Å². The molecule has 9 aromatic rings. The van der Waals surface area contributed by atoms with Crippen LogP contribution in [0.2, 0.25) is 0 Å². The first-order valence-electron chi connectivity index (χ1n) is 21.6. The number of unbranched alkanes of at least 4 members (excludes halogenated alkanes) is 1. The van der Waals surface area contributed by atoms with Crippen molar-refractivity contribution in [3.63, 3.8) is 0 Å². The van der Waals surface area contributed by atoms with Crippen LogP contribution in [0.5, 0.6) is 0 Å². The molecule has 4 heterocycles. The predicted molar refractivity (Wildman–Crippen MR) is 254 cm³/mol. The molecular weight excluding hydrogens is 727 g/mol. The van der Waals surface area contributed by atoms with Crippen LogP contribution in [0, 0.1) is 6.92 Å². The average molecular weight is 773 g/mol. The molecular formula is C56H45BN2O. The molecule has 0 N–H and O–H groups in total. The second-order valence-corrected chi connectivity index (χ2v) is 17.5. The fourth-order valence-electron chi connectivity index (χ4n) is 10.8. The molecule has 288 valence electrons. The first-order valence-corrected chi connectivity index (χ1v) is 21.6. The second kappa shape index (κ2) is 13.1. The van der Waals surface area contributed by atoms with E-state index in [1.165, 1.54) is 89.3 Å². The summed E-state index contributed by atoms with van der Waals surface area (Å²) < 4.78 is 6.77. The molecule has 0 unspecified atom stereocenters. The summed E-state index contributed by atoms with van der Waals surface area (Å²) in [5.41, 5.74) is 23.2. The minimum atomic E-state index is -0.190. The summed E-state index contributed by atoms with van der Waals surface area (Å²) in [7, 11) is 0. The third-order valence-electron chi connectivity index (χ3n) is 13.7. The molecule has 0 spiro atoms. The van der Waals surface area contributed by atoms with E-state index in [0.717, 1.165) is 46.9 Å². The number of nitrogens with zero attached hydrogens (tertiary/aromatic N) is 2. The Kier molecular flexibility index (Phi) is 7.69. The molecule has 0 aliphatic carbocycles. The molecule has 3 aliphatic heterocycles. The van der Waals surface area contributed by atoms with Crippen molar-refractivity contribution in [1.29, 1.82) is 0 Å². The highest BCUT2D eigenvalue weighted by Crippen LogP contribution is 2.57. The zero-order valence-corrected chi connectivity index (χ0v) is 34.6. The van der Waals surface area contributed by atoms with Crippen LogP contribution in [0.3, 0.4) is 0 Å². The second-order valence-electron chi connectivity index (χ2n) is 17.5. The fraction of sp³-hybridized carbons (Fsp3) is 0.143. The summed E-state index contributed by atoms with van der Waals surface area (Å²) in [6, 6.07) is 61.5. The van der Waals surface area contributed by atoms with Gasteiger partial charge in [-0.2, -0.15) is 0 Å². The molecule has 0 amide bonds. The fourth-order valence-corrected chi connectivity index (χ4v) is 10.8. The monoisotopic (exact) mass is 772 g/mol. The summed E-state index contributed by atoms with van der Waals surface area (Å²) in [4.78, 5) is 5.28. The van der Waals surface area contributed by atoms with Gasteiger partial charge < -0.3 is 14.1 Å². The Morgan fingerprint density at radius 1 is 0.550 bits per heavy atom. The summed E-state index contributed by atoms with van der Waals surface area (Å²) in [5.74, 6) is 0. The first-order chi connectivity index (χ1) is 29.4. The molecule has 4 heteroatoms. The third-order valence-corrected chi connectivity index (χ3v) is 13.7. The summed E-state index contributed by atoms with van der Waals surface area (Å²) in [6.07, 6.45) is 3.37. The highest BCUT2D eigenvalue weighted by atomic mass is 16.3. The Labute approximate surface area is 352 Å². The number of rotatable bonds is 6. The number of furan rings is 1. The number of anilines is 5. The number of aryl methyl sites for hydroxylation is 2. The van der Waals surface area contributed by atoms with Crippen molar-refractivity contribution in [2.75, 3.05) is 9.71 Å². The zero-order valence-electron chi connectivity index (χ0n) is 34.6. The van der Waals surface area contributed by atoms with Gasteiger partial charge in [0.25, 0.3) is 0 Å². The van der Waals surface area contributed by atoms with Crippen LogP contribution in [0.15, 0.2) is 168 Å². The number of hydrogen-bond donors (Lipinski definition) is 0. The number of fused-ring (bicyclic) bond motifs is 9. The smallest absolute Gasteiger partial charge is 0.333 e. The summed E-state index contributed by atoms with van der Waals surface area (Å²) in [5, 5.41) is 2.29. The molecule has 0 fully saturated rings. The van der Waals surface area contributed by atoms with Gasteiger partial charge in [0.2, 0.25) is 0 Å². The van der Waals surface area contributed by atoms with Gasteiger partial charge in [-0.3, -0.25) is 0 Å². The largest absolute Gasteiger partial charge is 0.456 e. The Bertz CT molecular complexity index is 3210. The molecule has 0 saturated heterocycles. The van der Waals surface area contributed by atoms with E-state index in [1.54, 1.807) is 0 Å². The van der Waals surface area contributed by atoms with E-state index in [0.29, 0.717) is 0 Å². The molecule has 0 saturated carbocycles. The Morgan fingerprint density at radius 2 is 1.32 bits per heavy atom. The maximum atomic E-state index is 6.77. The normalized spacial score (nSPS) is 14.2. The Hall–Kier alpha value is -6.78. The van der Waals surface area contributed by atoms with Crippen LogP contribution < -0.4 is 20.6 Å². The lowest BCUT2D eigenvalue weighted by Gasteiger charge is -2.51. The molecule has 8 aromatic carbocycles. The number of hydrogen-bond acceptors (Lipinski definition) is 3. The summed E-state index contributed by atoms with van der Waals surface area (Å²) in [6.45, 7) is 9.22. The zero-order chi connectivity index (χ0) is 40.3.